The van der Waals surface area contributed by atoms with Gasteiger partial charge in [-0.3, -0.25) is 9.69 Å². The minimum absolute atomic E-state index is 0.169. The number of likely N-dealkylation sites (tertiary alicyclic amines) is 2. The van der Waals surface area contributed by atoms with Crippen molar-refractivity contribution in [1.29, 1.82) is 0 Å². The monoisotopic (exact) mass is 400 g/mol. The van der Waals surface area contributed by atoms with Crippen molar-refractivity contribution in [2.75, 3.05) is 26.2 Å². The molecule has 2 aliphatic heterocycles. The van der Waals surface area contributed by atoms with Crippen LogP contribution in [0.5, 0.6) is 0 Å². The molecule has 0 N–H and O–H groups in total. The molecular formula is C20H28N6OS. The van der Waals surface area contributed by atoms with Crippen molar-refractivity contribution in [2.45, 2.75) is 45.2 Å². The highest BCUT2D eigenvalue weighted by molar-refractivity contribution is 7.71. The van der Waals surface area contributed by atoms with Crippen LogP contribution in [0.4, 0.5) is 0 Å². The van der Waals surface area contributed by atoms with E-state index in [0.717, 1.165) is 57.5 Å². The summed E-state index contributed by atoms with van der Waals surface area (Å²) in [5.41, 5.74) is 0.917. The van der Waals surface area contributed by atoms with E-state index in [1.165, 1.54) is 12.8 Å². The first-order chi connectivity index (χ1) is 13.7. The van der Waals surface area contributed by atoms with Crippen molar-refractivity contribution in [1.82, 2.24) is 29.6 Å². The lowest BCUT2D eigenvalue weighted by Crippen LogP contribution is -2.43. The zero-order valence-electron chi connectivity index (χ0n) is 16.2. The van der Waals surface area contributed by atoms with Crippen molar-refractivity contribution in [3.8, 4) is 5.69 Å². The summed E-state index contributed by atoms with van der Waals surface area (Å²) in [4.78, 5) is 17.3. The van der Waals surface area contributed by atoms with E-state index in [9.17, 15) is 4.79 Å². The molecule has 8 heteroatoms. The Kier molecular flexibility index (Phi) is 6.17. The Bertz CT molecular complexity index is 832. The first-order valence-electron chi connectivity index (χ1n) is 10.3. The maximum Gasteiger partial charge on any atom is 0.225 e. The van der Waals surface area contributed by atoms with E-state index in [1.54, 1.807) is 9.36 Å². The molecule has 1 aromatic heterocycles. The molecule has 0 spiro atoms. The van der Waals surface area contributed by atoms with Crippen molar-refractivity contribution >= 4 is 18.1 Å². The van der Waals surface area contributed by atoms with E-state index in [-0.39, 0.29) is 5.92 Å². The SMILES string of the molecule is O=C(C1CCN(Cn2nnn(-c3ccccc3)c2=S)CC1)N1CCCCCC1. The second-order valence-electron chi connectivity index (χ2n) is 7.78. The van der Waals surface area contributed by atoms with Crippen molar-refractivity contribution in [3.05, 3.63) is 35.1 Å². The number of nitrogens with zero attached hydrogens (tertiary/aromatic N) is 6. The molecule has 0 radical (unpaired) electrons. The van der Waals surface area contributed by atoms with Crippen LogP contribution >= 0.6 is 12.2 Å². The molecule has 2 aliphatic rings. The van der Waals surface area contributed by atoms with E-state index >= 15 is 0 Å². The third-order valence-electron chi connectivity index (χ3n) is 5.83. The highest BCUT2D eigenvalue weighted by Gasteiger charge is 2.29. The number of hydrogen-bond donors (Lipinski definition) is 0. The summed E-state index contributed by atoms with van der Waals surface area (Å²) < 4.78 is 4.04. The minimum Gasteiger partial charge on any atom is -0.342 e. The maximum atomic E-state index is 12.8. The summed E-state index contributed by atoms with van der Waals surface area (Å²) in [5, 5.41) is 8.44. The Labute approximate surface area is 170 Å². The molecule has 0 bridgehead atoms. The summed E-state index contributed by atoms with van der Waals surface area (Å²) in [5.74, 6) is 0.538. The molecule has 28 heavy (non-hydrogen) atoms. The van der Waals surface area contributed by atoms with E-state index in [0.29, 0.717) is 17.3 Å². The second kappa shape index (κ2) is 8.96. The molecule has 3 heterocycles. The molecule has 1 amide bonds. The fraction of sp³-hybridized carbons (Fsp3) is 0.600. The highest BCUT2D eigenvalue weighted by atomic mass is 32.1. The van der Waals surface area contributed by atoms with Gasteiger partial charge in [0.2, 0.25) is 10.7 Å². The Morgan fingerprint density at radius 1 is 0.964 bits per heavy atom. The lowest BCUT2D eigenvalue weighted by Gasteiger charge is -2.33. The van der Waals surface area contributed by atoms with Gasteiger partial charge in [-0.05, 0) is 60.5 Å². The maximum absolute atomic E-state index is 12.8. The lowest BCUT2D eigenvalue weighted by atomic mass is 9.95. The summed E-state index contributed by atoms with van der Waals surface area (Å²) >= 11 is 5.55. The van der Waals surface area contributed by atoms with Crippen LogP contribution < -0.4 is 0 Å². The van der Waals surface area contributed by atoms with Gasteiger partial charge in [0.15, 0.2) is 0 Å². The molecule has 150 valence electrons. The van der Waals surface area contributed by atoms with Gasteiger partial charge in [0, 0.05) is 32.1 Å². The fourth-order valence-electron chi connectivity index (χ4n) is 4.15. The normalized spacial score (nSPS) is 19.5. The van der Waals surface area contributed by atoms with Crippen molar-refractivity contribution in [2.24, 2.45) is 5.92 Å². The number of aromatic nitrogens is 4. The molecule has 2 fully saturated rings. The number of hydrogen-bond acceptors (Lipinski definition) is 5. The average molecular weight is 401 g/mol. The van der Waals surface area contributed by atoms with Crippen LogP contribution in [0.2, 0.25) is 0 Å². The molecular weight excluding hydrogens is 372 g/mol. The van der Waals surface area contributed by atoms with Gasteiger partial charge in [0.25, 0.3) is 0 Å². The quantitative estimate of drug-likeness (QED) is 0.739. The molecule has 2 aromatic rings. The summed E-state index contributed by atoms with van der Waals surface area (Å²) in [6, 6.07) is 9.82. The number of benzene rings is 1. The van der Waals surface area contributed by atoms with Gasteiger partial charge in [-0.15, -0.1) is 0 Å². The standard InChI is InChI=1S/C20H28N6OS/c27-19(24-12-6-1-2-7-13-24)17-10-14-23(15-11-17)16-25-20(28)26(22-21-25)18-8-4-3-5-9-18/h3-5,8-9,17H,1-2,6-7,10-16H2. The van der Waals surface area contributed by atoms with Crippen molar-refractivity contribution < 1.29 is 4.79 Å². The van der Waals surface area contributed by atoms with Crippen molar-refractivity contribution in [3.63, 3.8) is 0 Å². The Morgan fingerprint density at radius 2 is 1.64 bits per heavy atom. The van der Waals surface area contributed by atoms with Crippen LogP contribution in [0, 0.1) is 10.7 Å². The lowest BCUT2D eigenvalue weighted by molar-refractivity contribution is -0.137. The molecule has 0 unspecified atom stereocenters. The first-order valence-corrected chi connectivity index (χ1v) is 10.7. The smallest absolute Gasteiger partial charge is 0.225 e. The van der Waals surface area contributed by atoms with E-state index in [1.807, 2.05) is 30.3 Å². The molecule has 2 saturated heterocycles. The number of carbonyl (C=O) groups is 1. The summed E-state index contributed by atoms with van der Waals surface area (Å²) in [6.45, 7) is 4.29. The number of rotatable bonds is 4. The van der Waals surface area contributed by atoms with Gasteiger partial charge in [-0.25, -0.2) is 4.68 Å². The fourth-order valence-corrected chi connectivity index (χ4v) is 4.39. The van der Waals surface area contributed by atoms with E-state index < -0.39 is 0 Å². The molecule has 4 rings (SSSR count). The largest absolute Gasteiger partial charge is 0.342 e. The highest BCUT2D eigenvalue weighted by Crippen LogP contribution is 2.22. The van der Waals surface area contributed by atoms with E-state index in [4.69, 9.17) is 12.2 Å². The Morgan fingerprint density at radius 3 is 2.32 bits per heavy atom. The number of carbonyl (C=O) groups excluding carboxylic acids is 1. The van der Waals surface area contributed by atoms with Gasteiger partial charge in [-0.2, -0.15) is 4.68 Å². The summed E-state index contributed by atoms with van der Waals surface area (Å²) in [7, 11) is 0. The third-order valence-corrected chi connectivity index (χ3v) is 6.21. The topological polar surface area (TPSA) is 59.2 Å². The zero-order chi connectivity index (χ0) is 19.3. The molecule has 0 atom stereocenters. The summed E-state index contributed by atoms with van der Waals surface area (Å²) in [6.07, 6.45) is 6.64. The van der Waals surface area contributed by atoms with Gasteiger partial charge in [0.05, 0.1) is 12.4 Å². The van der Waals surface area contributed by atoms with Gasteiger partial charge in [0.1, 0.15) is 0 Å². The predicted molar refractivity (Wildman–Crippen MR) is 110 cm³/mol. The number of para-hydroxylation sites is 1. The average Bonchev–Trinajstić information content (AvgIpc) is 2.94. The minimum atomic E-state index is 0.169. The van der Waals surface area contributed by atoms with Crippen LogP contribution in [0.25, 0.3) is 5.69 Å². The van der Waals surface area contributed by atoms with Crippen LogP contribution in [0.1, 0.15) is 38.5 Å². The molecule has 7 nitrogen and oxygen atoms in total. The predicted octanol–water partition coefficient (Wildman–Crippen LogP) is 2.87. The van der Waals surface area contributed by atoms with Gasteiger partial charge >= 0.3 is 0 Å². The molecule has 0 saturated carbocycles. The number of piperidine rings is 1. The number of amides is 1. The van der Waals surface area contributed by atoms with E-state index in [2.05, 4.69) is 20.2 Å². The molecule has 0 aliphatic carbocycles. The second-order valence-corrected chi connectivity index (χ2v) is 8.15. The third kappa shape index (κ3) is 4.33. The van der Waals surface area contributed by atoms with Crippen LogP contribution in [-0.2, 0) is 11.5 Å². The zero-order valence-corrected chi connectivity index (χ0v) is 17.1. The Balaban J connectivity index is 1.33. The number of tetrazole rings is 1. The van der Waals surface area contributed by atoms with Crippen LogP contribution in [0.15, 0.2) is 30.3 Å². The molecule has 1 aromatic carbocycles. The first kappa shape index (κ1) is 19.3. The van der Waals surface area contributed by atoms with Crippen LogP contribution in [0.3, 0.4) is 0 Å². The van der Waals surface area contributed by atoms with Gasteiger partial charge in [-0.1, -0.05) is 31.0 Å². The van der Waals surface area contributed by atoms with Gasteiger partial charge < -0.3 is 4.90 Å². The Hall–Kier alpha value is -2.06. The van der Waals surface area contributed by atoms with Crippen LogP contribution in [-0.4, -0.2) is 61.7 Å².